The number of anilines is 1. The Morgan fingerprint density at radius 2 is 2.18 bits per heavy atom. The van der Waals surface area contributed by atoms with E-state index in [0.29, 0.717) is 0 Å². The molecule has 0 bridgehead atoms. The number of nitrogens with one attached hydrogen (secondary N) is 1. The van der Waals surface area contributed by atoms with E-state index in [9.17, 15) is 0 Å². The highest BCUT2D eigenvalue weighted by Crippen LogP contribution is 2.40. The van der Waals surface area contributed by atoms with Crippen LogP contribution in [0.2, 0.25) is 0 Å². The first-order chi connectivity index (χ1) is 10.6. The van der Waals surface area contributed by atoms with Gasteiger partial charge in [-0.1, -0.05) is 0 Å². The van der Waals surface area contributed by atoms with Gasteiger partial charge in [-0.15, -0.1) is 11.3 Å². The van der Waals surface area contributed by atoms with Gasteiger partial charge in [0.1, 0.15) is 28.6 Å². The van der Waals surface area contributed by atoms with E-state index in [-0.39, 0.29) is 6.04 Å². The van der Waals surface area contributed by atoms with Crippen molar-refractivity contribution in [1.82, 2.24) is 24.7 Å². The SMILES string of the molecule is Cc1nc(NC(C)c2ncnn2C)c2c3c(sc2n1)CCC3. The van der Waals surface area contributed by atoms with Gasteiger partial charge in [-0.25, -0.2) is 15.0 Å². The summed E-state index contributed by atoms with van der Waals surface area (Å²) in [4.78, 5) is 16.2. The van der Waals surface area contributed by atoms with Gasteiger partial charge in [-0.05, 0) is 38.7 Å². The van der Waals surface area contributed by atoms with Gasteiger partial charge in [0.05, 0.1) is 11.4 Å². The lowest BCUT2D eigenvalue weighted by molar-refractivity contribution is 0.660. The summed E-state index contributed by atoms with van der Waals surface area (Å²) in [6, 6.07) is 0.0435. The minimum absolute atomic E-state index is 0.0435. The smallest absolute Gasteiger partial charge is 0.148 e. The Kier molecular flexibility index (Phi) is 3.11. The highest BCUT2D eigenvalue weighted by Gasteiger charge is 2.23. The summed E-state index contributed by atoms with van der Waals surface area (Å²) < 4.78 is 1.79. The first-order valence-electron chi connectivity index (χ1n) is 7.53. The number of aryl methyl sites for hydroxylation is 4. The second kappa shape index (κ2) is 5.01. The fourth-order valence-electron chi connectivity index (χ4n) is 3.17. The Bertz CT molecular complexity index is 849. The third kappa shape index (κ3) is 2.08. The molecule has 3 aromatic heterocycles. The lowest BCUT2D eigenvalue weighted by Gasteiger charge is -2.15. The van der Waals surface area contributed by atoms with Crippen LogP contribution in [0.3, 0.4) is 0 Å². The van der Waals surface area contributed by atoms with E-state index in [1.165, 1.54) is 28.7 Å². The van der Waals surface area contributed by atoms with Crippen molar-refractivity contribution < 1.29 is 0 Å². The third-order valence-corrected chi connectivity index (χ3v) is 5.35. The van der Waals surface area contributed by atoms with E-state index in [1.54, 1.807) is 11.0 Å². The molecule has 114 valence electrons. The Labute approximate surface area is 132 Å². The second-order valence-electron chi connectivity index (χ2n) is 5.76. The summed E-state index contributed by atoms with van der Waals surface area (Å²) in [5.41, 5.74) is 1.44. The van der Waals surface area contributed by atoms with Crippen LogP contribution in [0.25, 0.3) is 10.2 Å². The van der Waals surface area contributed by atoms with Crippen molar-refractivity contribution in [1.29, 1.82) is 0 Å². The number of hydrogen-bond donors (Lipinski definition) is 1. The van der Waals surface area contributed by atoms with Gasteiger partial charge in [0.15, 0.2) is 0 Å². The first kappa shape index (κ1) is 13.6. The van der Waals surface area contributed by atoms with Crippen LogP contribution in [0.1, 0.15) is 41.5 Å². The lowest BCUT2D eigenvalue weighted by Crippen LogP contribution is -2.14. The molecule has 0 radical (unpaired) electrons. The van der Waals surface area contributed by atoms with Crippen LogP contribution >= 0.6 is 11.3 Å². The Hall–Kier alpha value is -2.02. The fourth-order valence-corrected chi connectivity index (χ4v) is 4.48. The van der Waals surface area contributed by atoms with Crippen LogP contribution in [-0.2, 0) is 19.9 Å². The van der Waals surface area contributed by atoms with E-state index in [4.69, 9.17) is 0 Å². The van der Waals surface area contributed by atoms with Crippen LogP contribution in [-0.4, -0.2) is 24.7 Å². The third-order valence-electron chi connectivity index (χ3n) is 4.16. The van der Waals surface area contributed by atoms with Gasteiger partial charge in [-0.3, -0.25) is 4.68 Å². The van der Waals surface area contributed by atoms with Gasteiger partial charge < -0.3 is 5.32 Å². The molecule has 1 atom stereocenters. The van der Waals surface area contributed by atoms with Crippen molar-refractivity contribution >= 4 is 27.4 Å². The molecule has 0 aliphatic heterocycles. The molecule has 1 aliphatic carbocycles. The van der Waals surface area contributed by atoms with Crippen molar-refractivity contribution in [3.05, 3.63) is 28.4 Å². The van der Waals surface area contributed by atoms with Gasteiger partial charge in [-0.2, -0.15) is 5.10 Å². The van der Waals surface area contributed by atoms with Crippen LogP contribution in [0.5, 0.6) is 0 Å². The summed E-state index contributed by atoms with van der Waals surface area (Å²) in [5.74, 6) is 2.63. The minimum Gasteiger partial charge on any atom is -0.360 e. The van der Waals surface area contributed by atoms with E-state index >= 15 is 0 Å². The molecule has 0 saturated heterocycles. The van der Waals surface area contributed by atoms with E-state index in [0.717, 1.165) is 28.7 Å². The van der Waals surface area contributed by atoms with Gasteiger partial charge in [0, 0.05) is 11.9 Å². The number of rotatable bonds is 3. The Balaban J connectivity index is 1.79. The molecule has 0 saturated carbocycles. The van der Waals surface area contributed by atoms with Crippen molar-refractivity contribution in [2.24, 2.45) is 7.05 Å². The fraction of sp³-hybridized carbons (Fsp3) is 0.467. The molecule has 0 amide bonds. The maximum absolute atomic E-state index is 4.66. The predicted octanol–water partition coefficient (Wildman–Crippen LogP) is 2.79. The van der Waals surface area contributed by atoms with Crippen molar-refractivity contribution in [2.45, 2.75) is 39.2 Å². The zero-order chi connectivity index (χ0) is 15.3. The zero-order valence-corrected chi connectivity index (χ0v) is 13.7. The van der Waals surface area contributed by atoms with Crippen molar-refractivity contribution in [3.8, 4) is 0 Å². The molecule has 1 N–H and O–H groups in total. The number of fused-ring (bicyclic) bond motifs is 3. The summed E-state index contributed by atoms with van der Waals surface area (Å²) in [6.45, 7) is 4.03. The molecular weight excluding hydrogens is 296 g/mol. The molecule has 4 rings (SSSR count). The number of hydrogen-bond acceptors (Lipinski definition) is 6. The van der Waals surface area contributed by atoms with Crippen LogP contribution in [0, 0.1) is 6.92 Å². The maximum Gasteiger partial charge on any atom is 0.148 e. The topological polar surface area (TPSA) is 68.5 Å². The standard InChI is InChI=1S/C15H18N6S/c1-8(14-16-7-17-21(14)3)18-13-12-10-5-4-6-11(10)22-15(12)20-9(2)19-13/h7-8H,4-6H2,1-3H3,(H,18,19,20). The van der Waals surface area contributed by atoms with Crippen molar-refractivity contribution in [3.63, 3.8) is 0 Å². The molecule has 3 heterocycles. The van der Waals surface area contributed by atoms with E-state index in [2.05, 4.69) is 32.3 Å². The monoisotopic (exact) mass is 314 g/mol. The summed E-state index contributed by atoms with van der Waals surface area (Å²) in [5, 5.41) is 8.86. The molecule has 1 aliphatic rings. The zero-order valence-electron chi connectivity index (χ0n) is 12.9. The second-order valence-corrected chi connectivity index (χ2v) is 6.85. The molecule has 0 fully saturated rings. The highest BCUT2D eigenvalue weighted by molar-refractivity contribution is 7.19. The van der Waals surface area contributed by atoms with Crippen LogP contribution in [0.15, 0.2) is 6.33 Å². The van der Waals surface area contributed by atoms with Crippen molar-refractivity contribution in [2.75, 3.05) is 5.32 Å². The Morgan fingerprint density at radius 3 is 2.95 bits per heavy atom. The molecule has 0 aromatic carbocycles. The van der Waals surface area contributed by atoms with Gasteiger partial charge in [0.2, 0.25) is 0 Å². The van der Waals surface area contributed by atoms with Crippen LogP contribution in [0.4, 0.5) is 5.82 Å². The summed E-state index contributed by atoms with van der Waals surface area (Å²) in [6.07, 6.45) is 5.13. The van der Waals surface area contributed by atoms with Crippen LogP contribution < -0.4 is 5.32 Å². The molecule has 6 nitrogen and oxygen atoms in total. The number of thiophene rings is 1. The first-order valence-corrected chi connectivity index (χ1v) is 8.34. The van der Waals surface area contributed by atoms with E-state index < -0.39 is 0 Å². The normalized spacial score (nSPS) is 15.2. The largest absolute Gasteiger partial charge is 0.360 e. The molecule has 7 heteroatoms. The average Bonchev–Trinajstić information content (AvgIpc) is 3.12. The lowest BCUT2D eigenvalue weighted by atomic mass is 10.2. The molecule has 0 spiro atoms. The molecular formula is C15H18N6S. The molecule has 22 heavy (non-hydrogen) atoms. The number of nitrogens with zero attached hydrogens (tertiary/aromatic N) is 5. The minimum atomic E-state index is 0.0435. The average molecular weight is 314 g/mol. The van der Waals surface area contributed by atoms with Gasteiger partial charge >= 0.3 is 0 Å². The Morgan fingerprint density at radius 1 is 1.32 bits per heavy atom. The quantitative estimate of drug-likeness (QED) is 0.805. The van der Waals surface area contributed by atoms with E-state index in [1.807, 2.05) is 25.3 Å². The number of aromatic nitrogens is 5. The highest BCUT2D eigenvalue weighted by atomic mass is 32.1. The summed E-state index contributed by atoms with van der Waals surface area (Å²) in [7, 11) is 1.91. The predicted molar refractivity (Wildman–Crippen MR) is 87.2 cm³/mol. The molecule has 3 aromatic rings. The molecule has 1 unspecified atom stereocenters. The maximum atomic E-state index is 4.66. The summed E-state index contributed by atoms with van der Waals surface area (Å²) >= 11 is 1.82. The van der Waals surface area contributed by atoms with Gasteiger partial charge in [0.25, 0.3) is 0 Å².